The number of hydrogen-bond donors (Lipinski definition) is 1. The van der Waals surface area contributed by atoms with Crippen LogP contribution in [0.5, 0.6) is 0 Å². The first-order valence-corrected chi connectivity index (χ1v) is 9.56. The van der Waals surface area contributed by atoms with Crippen molar-refractivity contribution in [3.05, 3.63) is 16.5 Å². The third kappa shape index (κ3) is 3.84. The van der Waals surface area contributed by atoms with Gasteiger partial charge in [0.15, 0.2) is 0 Å². The number of nitrogens with zero attached hydrogens (tertiary/aromatic N) is 1. The Bertz CT molecular complexity index is 573. The molecular weight excluding hydrogens is 308 g/mol. The quantitative estimate of drug-likeness (QED) is 0.895. The average Bonchev–Trinajstić information content (AvgIpc) is 2.77. The zero-order valence-corrected chi connectivity index (χ0v) is 14.7. The van der Waals surface area contributed by atoms with Gasteiger partial charge in [-0.2, -0.15) is 4.31 Å². The van der Waals surface area contributed by atoms with Gasteiger partial charge in [-0.15, -0.1) is 11.3 Å². The van der Waals surface area contributed by atoms with Crippen LogP contribution >= 0.6 is 11.3 Å². The first-order valence-electron chi connectivity index (χ1n) is 7.30. The van der Waals surface area contributed by atoms with E-state index in [-0.39, 0.29) is 12.2 Å². The summed E-state index contributed by atoms with van der Waals surface area (Å²) in [6.45, 7) is 10.3. The van der Waals surface area contributed by atoms with E-state index in [9.17, 15) is 8.42 Å². The minimum Gasteiger partial charge on any atom is -0.373 e. The summed E-state index contributed by atoms with van der Waals surface area (Å²) in [7, 11) is -3.41. The van der Waals surface area contributed by atoms with Crippen molar-refractivity contribution in [2.24, 2.45) is 0 Å². The summed E-state index contributed by atoms with van der Waals surface area (Å²) in [5, 5.41) is 3.25. The minimum absolute atomic E-state index is 0.0641. The number of ether oxygens (including phenoxy) is 1. The van der Waals surface area contributed by atoms with E-state index in [1.54, 1.807) is 10.4 Å². The summed E-state index contributed by atoms with van der Waals surface area (Å²) in [6, 6.07) is 1.79. The molecule has 5 nitrogen and oxygen atoms in total. The van der Waals surface area contributed by atoms with Crippen molar-refractivity contribution in [3.8, 4) is 0 Å². The maximum Gasteiger partial charge on any atom is 0.252 e. The number of aryl methyl sites for hydroxylation is 1. The van der Waals surface area contributed by atoms with E-state index in [1.807, 2.05) is 27.7 Å². The van der Waals surface area contributed by atoms with Gasteiger partial charge in [0.05, 0.1) is 12.2 Å². The molecule has 120 valence electrons. The fraction of sp³-hybridized carbons (Fsp3) is 0.714. The van der Waals surface area contributed by atoms with Crippen LogP contribution in [0.3, 0.4) is 0 Å². The summed E-state index contributed by atoms with van der Waals surface area (Å²) in [6.07, 6.45) is -0.128. The number of thiophene rings is 1. The van der Waals surface area contributed by atoms with Gasteiger partial charge >= 0.3 is 0 Å². The van der Waals surface area contributed by atoms with Crippen molar-refractivity contribution in [1.29, 1.82) is 0 Å². The lowest BCUT2D eigenvalue weighted by Crippen LogP contribution is -2.47. The van der Waals surface area contributed by atoms with Crippen LogP contribution in [0.1, 0.15) is 31.2 Å². The molecule has 2 heterocycles. The molecule has 1 aliphatic rings. The molecule has 1 aromatic rings. The van der Waals surface area contributed by atoms with Crippen LogP contribution in [-0.4, -0.2) is 44.6 Å². The Morgan fingerprint density at radius 2 is 2.00 bits per heavy atom. The van der Waals surface area contributed by atoms with Gasteiger partial charge in [-0.05, 0) is 38.9 Å². The van der Waals surface area contributed by atoms with Gasteiger partial charge in [0.2, 0.25) is 0 Å². The standard InChI is InChI=1S/C14H24N2O3S2/c1-5-15-7-13-10(2)6-14(20-13)21(17,18)16-8-11(3)19-12(4)9-16/h6,11-12,15H,5,7-9H2,1-4H3. The first kappa shape index (κ1) is 16.9. The van der Waals surface area contributed by atoms with E-state index in [1.165, 1.54) is 11.3 Å². The van der Waals surface area contributed by atoms with Gasteiger partial charge in [-0.1, -0.05) is 6.92 Å². The normalized spacial score (nSPS) is 24.4. The Balaban J connectivity index is 2.23. The third-order valence-electron chi connectivity index (χ3n) is 3.51. The largest absolute Gasteiger partial charge is 0.373 e. The molecule has 0 saturated carbocycles. The van der Waals surface area contributed by atoms with Crippen LogP contribution in [-0.2, 0) is 21.3 Å². The average molecular weight is 332 g/mol. The van der Waals surface area contributed by atoms with E-state index in [4.69, 9.17) is 4.74 Å². The second kappa shape index (κ2) is 6.75. The summed E-state index contributed by atoms with van der Waals surface area (Å²) in [4.78, 5) is 1.09. The highest BCUT2D eigenvalue weighted by molar-refractivity contribution is 7.91. The van der Waals surface area contributed by atoms with Crippen molar-refractivity contribution in [3.63, 3.8) is 0 Å². The molecule has 21 heavy (non-hydrogen) atoms. The van der Waals surface area contributed by atoms with Gasteiger partial charge in [-0.3, -0.25) is 0 Å². The number of morpholine rings is 1. The SMILES string of the molecule is CCNCc1sc(S(=O)(=O)N2CC(C)OC(C)C2)cc1C. The monoisotopic (exact) mass is 332 g/mol. The van der Waals surface area contributed by atoms with Crippen molar-refractivity contribution in [2.45, 2.75) is 50.7 Å². The second-order valence-electron chi connectivity index (χ2n) is 5.53. The summed E-state index contributed by atoms with van der Waals surface area (Å²) in [5.74, 6) is 0. The van der Waals surface area contributed by atoms with E-state index in [2.05, 4.69) is 5.32 Å². The maximum atomic E-state index is 12.8. The highest BCUT2D eigenvalue weighted by Gasteiger charge is 2.33. The molecule has 2 unspecified atom stereocenters. The molecular formula is C14H24N2O3S2. The molecule has 1 aromatic heterocycles. The molecule has 1 N–H and O–H groups in total. The van der Waals surface area contributed by atoms with Crippen LogP contribution in [0.2, 0.25) is 0 Å². The lowest BCUT2D eigenvalue weighted by molar-refractivity contribution is -0.0440. The highest BCUT2D eigenvalue weighted by Crippen LogP contribution is 2.30. The molecule has 0 aliphatic carbocycles. The molecule has 2 rings (SSSR count). The van der Waals surface area contributed by atoms with E-state index in [0.717, 1.165) is 23.5 Å². The number of nitrogens with one attached hydrogen (secondary N) is 1. The minimum atomic E-state index is -3.41. The van der Waals surface area contributed by atoms with Crippen molar-refractivity contribution in [2.75, 3.05) is 19.6 Å². The molecule has 2 atom stereocenters. The Morgan fingerprint density at radius 1 is 1.38 bits per heavy atom. The van der Waals surface area contributed by atoms with Crippen LogP contribution in [0, 0.1) is 6.92 Å². The van der Waals surface area contributed by atoms with Crippen LogP contribution in [0.25, 0.3) is 0 Å². The smallest absolute Gasteiger partial charge is 0.252 e. The lowest BCUT2D eigenvalue weighted by Gasteiger charge is -2.34. The summed E-state index contributed by atoms with van der Waals surface area (Å²) >= 11 is 1.37. The van der Waals surface area contributed by atoms with Crippen LogP contribution < -0.4 is 5.32 Å². The molecule has 7 heteroatoms. The predicted molar refractivity (Wildman–Crippen MR) is 85.2 cm³/mol. The van der Waals surface area contributed by atoms with Crippen LogP contribution in [0.4, 0.5) is 0 Å². The molecule has 0 spiro atoms. The molecule has 1 aliphatic heterocycles. The summed E-state index contributed by atoms with van der Waals surface area (Å²) in [5.41, 5.74) is 1.04. The Hall–Kier alpha value is -0.470. The molecule has 0 bridgehead atoms. The van der Waals surface area contributed by atoms with Gasteiger partial charge in [0, 0.05) is 24.5 Å². The van der Waals surface area contributed by atoms with Crippen LogP contribution in [0.15, 0.2) is 10.3 Å². The highest BCUT2D eigenvalue weighted by atomic mass is 32.2. The number of hydrogen-bond acceptors (Lipinski definition) is 5. The van der Waals surface area contributed by atoms with E-state index >= 15 is 0 Å². The molecule has 0 radical (unpaired) electrons. The Labute approximate surface area is 131 Å². The molecule has 1 saturated heterocycles. The van der Waals surface area contributed by atoms with E-state index in [0.29, 0.717) is 17.3 Å². The third-order valence-corrected chi connectivity index (χ3v) is 7.03. The van der Waals surface area contributed by atoms with Crippen molar-refractivity contribution >= 4 is 21.4 Å². The van der Waals surface area contributed by atoms with Gasteiger partial charge in [0.25, 0.3) is 10.0 Å². The molecule has 1 fully saturated rings. The zero-order chi connectivity index (χ0) is 15.6. The predicted octanol–water partition coefficient (Wildman–Crippen LogP) is 1.96. The molecule has 0 amide bonds. The van der Waals surface area contributed by atoms with Crippen molar-refractivity contribution in [1.82, 2.24) is 9.62 Å². The van der Waals surface area contributed by atoms with E-state index < -0.39 is 10.0 Å². The number of sulfonamides is 1. The van der Waals surface area contributed by atoms with Gasteiger partial charge in [-0.25, -0.2) is 8.42 Å². The lowest BCUT2D eigenvalue weighted by atomic mass is 10.3. The van der Waals surface area contributed by atoms with Gasteiger partial charge in [0.1, 0.15) is 4.21 Å². The topological polar surface area (TPSA) is 58.6 Å². The maximum absolute atomic E-state index is 12.8. The second-order valence-corrected chi connectivity index (χ2v) is 8.83. The summed E-state index contributed by atoms with van der Waals surface area (Å²) < 4.78 is 33.2. The number of rotatable bonds is 5. The molecule has 0 aromatic carbocycles. The Morgan fingerprint density at radius 3 is 2.57 bits per heavy atom. The van der Waals surface area contributed by atoms with Gasteiger partial charge < -0.3 is 10.1 Å². The first-order chi connectivity index (χ1) is 9.84. The fourth-order valence-corrected chi connectivity index (χ4v) is 5.79. The fourth-order valence-electron chi connectivity index (χ4n) is 2.48. The zero-order valence-electron chi connectivity index (χ0n) is 13.0. The Kier molecular flexibility index (Phi) is 5.43. The van der Waals surface area contributed by atoms with Crippen molar-refractivity contribution < 1.29 is 13.2 Å².